The minimum Gasteiger partial charge on any atom is -0.366 e. The summed E-state index contributed by atoms with van der Waals surface area (Å²) < 4.78 is 1.84. The fraction of sp³-hybridized carbons (Fsp3) is 0.412. The lowest BCUT2D eigenvalue weighted by atomic mass is 10.0. The Kier molecular flexibility index (Phi) is 4.09. The Morgan fingerprint density at radius 2 is 2.28 bits per heavy atom. The van der Waals surface area contributed by atoms with Gasteiger partial charge < -0.3 is 10.2 Å². The lowest BCUT2D eigenvalue weighted by Crippen LogP contribution is -2.44. The van der Waals surface area contributed by atoms with Crippen LogP contribution in [0.5, 0.6) is 0 Å². The van der Waals surface area contributed by atoms with E-state index in [2.05, 4.69) is 30.5 Å². The summed E-state index contributed by atoms with van der Waals surface area (Å²) in [7, 11) is 0. The van der Waals surface area contributed by atoms with Crippen molar-refractivity contribution in [1.82, 2.24) is 24.8 Å². The smallest absolute Gasteiger partial charge is 0.264 e. The van der Waals surface area contributed by atoms with Crippen molar-refractivity contribution < 1.29 is 0 Å². The Labute approximate surface area is 144 Å². The van der Waals surface area contributed by atoms with Crippen molar-refractivity contribution in [1.29, 1.82) is 0 Å². The lowest BCUT2D eigenvalue weighted by Gasteiger charge is -2.36. The topological polar surface area (TPSA) is 91.2 Å². The fourth-order valence-corrected chi connectivity index (χ4v) is 3.41. The molecule has 8 nitrogen and oxygen atoms in total. The molecular formula is C17H21N7O. The molecule has 0 saturated carbocycles. The number of H-pyrrole nitrogens is 1. The maximum Gasteiger partial charge on any atom is 0.264 e. The van der Waals surface area contributed by atoms with Gasteiger partial charge in [-0.2, -0.15) is 10.2 Å². The molecule has 0 amide bonds. The van der Waals surface area contributed by atoms with E-state index in [-0.39, 0.29) is 5.56 Å². The summed E-state index contributed by atoms with van der Waals surface area (Å²) in [5.74, 6) is 1.65. The first-order chi connectivity index (χ1) is 12.2. The maximum absolute atomic E-state index is 11.3. The van der Waals surface area contributed by atoms with Gasteiger partial charge in [0.2, 0.25) is 0 Å². The van der Waals surface area contributed by atoms with Gasteiger partial charge >= 0.3 is 0 Å². The molecule has 1 atom stereocenters. The van der Waals surface area contributed by atoms with Gasteiger partial charge in [-0.05, 0) is 38.3 Å². The van der Waals surface area contributed by atoms with E-state index in [1.54, 1.807) is 12.3 Å². The molecule has 0 aliphatic carbocycles. The molecule has 4 heterocycles. The van der Waals surface area contributed by atoms with Gasteiger partial charge in [0.15, 0.2) is 5.82 Å². The highest BCUT2D eigenvalue weighted by molar-refractivity contribution is 5.67. The molecule has 3 aromatic heterocycles. The van der Waals surface area contributed by atoms with Crippen LogP contribution in [0.1, 0.15) is 25.0 Å². The average Bonchev–Trinajstić information content (AvgIpc) is 3.02. The molecule has 1 saturated heterocycles. The van der Waals surface area contributed by atoms with E-state index in [1.165, 1.54) is 12.5 Å². The minimum absolute atomic E-state index is 0.178. The van der Waals surface area contributed by atoms with Crippen molar-refractivity contribution in [3.8, 4) is 0 Å². The molecule has 1 aliphatic heterocycles. The van der Waals surface area contributed by atoms with E-state index in [9.17, 15) is 4.79 Å². The summed E-state index contributed by atoms with van der Waals surface area (Å²) in [6, 6.07) is 5.64. The second-order valence-electron chi connectivity index (χ2n) is 6.39. The monoisotopic (exact) mass is 339 g/mol. The number of aryl methyl sites for hydroxylation is 1. The van der Waals surface area contributed by atoms with Crippen LogP contribution in [0.25, 0.3) is 5.52 Å². The average molecular weight is 339 g/mol. The summed E-state index contributed by atoms with van der Waals surface area (Å²) in [6.45, 7) is 3.67. The second-order valence-corrected chi connectivity index (χ2v) is 6.39. The Morgan fingerprint density at radius 3 is 3.12 bits per heavy atom. The predicted molar refractivity (Wildman–Crippen MR) is 96.1 cm³/mol. The van der Waals surface area contributed by atoms with Gasteiger partial charge in [-0.25, -0.2) is 14.6 Å². The van der Waals surface area contributed by atoms with Crippen molar-refractivity contribution in [2.75, 3.05) is 23.3 Å². The van der Waals surface area contributed by atoms with Crippen molar-refractivity contribution in [2.45, 2.75) is 32.2 Å². The predicted octanol–water partition coefficient (Wildman–Crippen LogP) is 1.59. The summed E-state index contributed by atoms with van der Waals surface area (Å²) >= 11 is 0. The SMILES string of the molecule is Cc1cc2c(NCC3CCCCN3c3ccc(=O)[nH]n3)nccn2n1. The molecule has 1 unspecified atom stereocenters. The highest BCUT2D eigenvalue weighted by Gasteiger charge is 2.24. The zero-order valence-corrected chi connectivity index (χ0v) is 14.1. The maximum atomic E-state index is 11.3. The van der Waals surface area contributed by atoms with Crippen LogP contribution in [0.15, 0.2) is 35.4 Å². The van der Waals surface area contributed by atoms with Gasteiger partial charge in [0.1, 0.15) is 11.3 Å². The normalized spacial score (nSPS) is 17.8. The van der Waals surface area contributed by atoms with E-state index < -0.39 is 0 Å². The molecule has 2 N–H and O–H groups in total. The molecule has 0 bridgehead atoms. The third-order valence-electron chi connectivity index (χ3n) is 4.60. The van der Waals surface area contributed by atoms with E-state index in [1.807, 2.05) is 23.7 Å². The van der Waals surface area contributed by atoms with Crippen molar-refractivity contribution >= 4 is 17.2 Å². The Hall–Kier alpha value is -2.90. The molecule has 1 aliphatic rings. The van der Waals surface area contributed by atoms with Gasteiger partial charge in [0.25, 0.3) is 5.56 Å². The van der Waals surface area contributed by atoms with Crippen LogP contribution < -0.4 is 15.8 Å². The number of nitrogens with one attached hydrogen (secondary N) is 2. The quantitative estimate of drug-likeness (QED) is 0.750. The third kappa shape index (κ3) is 3.19. The van der Waals surface area contributed by atoms with Crippen LogP contribution >= 0.6 is 0 Å². The van der Waals surface area contributed by atoms with Crippen LogP contribution in [0.3, 0.4) is 0 Å². The first kappa shape index (κ1) is 15.6. The van der Waals surface area contributed by atoms with E-state index in [0.29, 0.717) is 6.04 Å². The van der Waals surface area contributed by atoms with Gasteiger partial charge in [-0.15, -0.1) is 0 Å². The van der Waals surface area contributed by atoms with Crippen LogP contribution in [0.2, 0.25) is 0 Å². The molecule has 3 aromatic rings. The van der Waals surface area contributed by atoms with Gasteiger partial charge in [-0.1, -0.05) is 0 Å². The largest absolute Gasteiger partial charge is 0.366 e. The van der Waals surface area contributed by atoms with Crippen molar-refractivity contribution in [2.24, 2.45) is 0 Å². The third-order valence-corrected chi connectivity index (χ3v) is 4.60. The number of rotatable bonds is 4. The van der Waals surface area contributed by atoms with Crippen molar-refractivity contribution in [3.63, 3.8) is 0 Å². The standard InChI is InChI=1S/C17H21N7O/c1-12-10-14-17(18-7-9-24(14)22-12)19-11-13-4-2-3-8-23(13)15-5-6-16(25)21-20-15/h5-7,9-10,13H,2-4,8,11H2,1H3,(H,18,19)(H,21,25). The Morgan fingerprint density at radius 1 is 1.36 bits per heavy atom. The van der Waals surface area contributed by atoms with Gasteiger partial charge in [-0.3, -0.25) is 4.79 Å². The van der Waals surface area contributed by atoms with Gasteiger partial charge in [0, 0.05) is 37.6 Å². The van der Waals surface area contributed by atoms with E-state index in [4.69, 9.17) is 0 Å². The number of fused-ring (bicyclic) bond motifs is 1. The fourth-order valence-electron chi connectivity index (χ4n) is 3.41. The number of anilines is 2. The summed E-state index contributed by atoms with van der Waals surface area (Å²) in [6.07, 6.45) is 7.01. The molecule has 0 aromatic carbocycles. The zero-order valence-electron chi connectivity index (χ0n) is 14.1. The Bertz CT molecular complexity index is 912. The lowest BCUT2D eigenvalue weighted by molar-refractivity contribution is 0.467. The van der Waals surface area contributed by atoms with Crippen molar-refractivity contribution in [3.05, 3.63) is 46.6 Å². The van der Waals surface area contributed by atoms with Crippen LogP contribution in [0.4, 0.5) is 11.6 Å². The molecule has 0 spiro atoms. The molecule has 130 valence electrons. The molecular weight excluding hydrogens is 318 g/mol. The van der Waals surface area contributed by atoms with E-state index >= 15 is 0 Å². The number of aromatic amines is 1. The molecule has 25 heavy (non-hydrogen) atoms. The second kappa shape index (κ2) is 6.54. The molecule has 0 radical (unpaired) electrons. The molecule has 8 heteroatoms. The first-order valence-corrected chi connectivity index (χ1v) is 8.58. The zero-order chi connectivity index (χ0) is 17.2. The molecule has 1 fully saturated rings. The molecule has 4 rings (SSSR count). The number of aromatic nitrogens is 5. The number of hydrogen-bond acceptors (Lipinski definition) is 6. The number of hydrogen-bond donors (Lipinski definition) is 2. The van der Waals surface area contributed by atoms with Crippen LogP contribution in [-0.2, 0) is 0 Å². The Balaban J connectivity index is 1.53. The summed E-state index contributed by atoms with van der Waals surface area (Å²) in [5, 5.41) is 14.6. The highest BCUT2D eigenvalue weighted by Crippen LogP contribution is 2.23. The minimum atomic E-state index is -0.178. The summed E-state index contributed by atoms with van der Waals surface area (Å²) in [5.41, 5.74) is 1.76. The highest BCUT2D eigenvalue weighted by atomic mass is 16.1. The van der Waals surface area contributed by atoms with E-state index in [0.717, 1.165) is 48.8 Å². The first-order valence-electron chi connectivity index (χ1n) is 8.58. The van der Waals surface area contributed by atoms with Gasteiger partial charge in [0.05, 0.1) is 5.69 Å². The summed E-state index contributed by atoms with van der Waals surface area (Å²) in [4.78, 5) is 18.0. The number of nitrogens with zero attached hydrogens (tertiary/aromatic N) is 5. The number of piperidine rings is 1. The van der Waals surface area contributed by atoms with Crippen LogP contribution in [0, 0.1) is 6.92 Å². The van der Waals surface area contributed by atoms with Crippen LogP contribution in [-0.4, -0.2) is 43.9 Å².